The van der Waals surface area contributed by atoms with Crippen molar-refractivity contribution in [2.75, 3.05) is 19.6 Å². The lowest BCUT2D eigenvalue weighted by molar-refractivity contribution is -0.123. The zero-order valence-electron chi connectivity index (χ0n) is 12.5. The highest BCUT2D eigenvalue weighted by atomic mass is 35.5. The molecule has 1 fully saturated rings. The molecule has 0 aromatic heterocycles. The first-order chi connectivity index (χ1) is 10.1. The SMILES string of the molecule is CC1CCC(CN)CN1CC(=O)NCc1ccccc1Cl. The molecule has 2 atom stereocenters. The van der Waals surface area contributed by atoms with Crippen LogP contribution in [0, 0.1) is 5.92 Å². The number of amides is 1. The number of carbonyl (C=O) groups is 1. The molecule has 0 spiro atoms. The standard InChI is InChI=1S/C16H24ClN3O/c1-12-6-7-13(8-18)10-20(12)11-16(21)19-9-14-4-2-3-5-15(14)17/h2-5,12-13H,6-11,18H2,1H3,(H,19,21). The van der Waals surface area contributed by atoms with Crippen molar-refractivity contribution in [3.05, 3.63) is 34.9 Å². The van der Waals surface area contributed by atoms with Gasteiger partial charge in [-0.1, -0.05) is 29.8 Å². The van der Waals surface area contributed by atoms with Crippen LogP contribution in [0.2, 0.25) is 5.02 Å². The molecular formula is C16H24ClN3O. The van der Waals surface area contributed by atoms with Crippen LogP contribution in [-0.4, -0.2) is 36.5 Å². The van der Waals surface area contributed by atoms with Crippen LogP contribution in [0.25, 0.3) is 0 Å². The lowest BCUT2D eigenvalue weighted by atomic mass is 9.93. The van der Waals surface area contributed by atoms with Crippen molar-refractivity contribution in [3.8, 4) is 0 Å². The Bertz CT molecular complexity index is 480. The highest BCUT2D eigenvalue weighted by Crippen LogP contribution is 2.20. The van der Waals surface area contributed by atoms with Crippen molar-refractivity contribution < 1.29 is 4.79 Å². The summed E-state index contributed by atoms with van der Waals surface area (Å²) in [5.74, 6) is 0.553. The van der Waals surface area contributed by atoms with Crippen LogP contribution in [0.4, 0.5) is 0 Å². The Labute approximate surface area is 131 Å². The van der Waals surface area contributed by atoms with Crippen molar-refractivity contribution in [2.24, 2.45) is 11.7 Å². The molecule has 4 nitrogen and oxygen atoms in total. The summed E-state index contributed by atoms with van der Waals surface area (Å²) in [5, 5.41) is 3.63. The summed E-state index contributed by atoms with van der Waals surface area (Å²) in [6.07, 6.45) is 2.27. The summed E-state index contributed by atoms with van der Waals surface area (Å²) < 4.78 is 0. The lowest BCUT2D eigenvalue weighted by Crippen LogP contribution is -2.48. The second kappa shape index (κ2) is 7.78. The molecule has 1 aromatic rings. The van der Waals surface area contributed by atoms with Crippen LogP contribution in [-0.2, 0) is 11.3 Å². The third-order valence-electron chi connectivity index (χ3n) is 4.22. The van der Waals surface area contributed by atoms with Crippen LogP contribution in [0.1, 0.15) is 25.3 Å². The number of rotatable bonds is 5. The van der Waals surface area contributed by atoms with Crippen LogP contribution in [0.15, 0.2) is 24.3 Å². The van der Waals surface area contributed by atoms with Gasteiger partial charge in [0.25, 0.3) is 0 Å². The highest BCUT2D eigenvalue weighted by molar-refractivity contribution is 6.31. The molecular weight excluding hydrogens is 286 g/mol. The second-order valence-corrected chi connectivity index (χ2v) is 6.23. The zero-order chi connectivity index (χ0) is 15.2. The Balaban J connectivity index is 1.82. The molecule has 0 aliphatic carbocycles. The highest BCUT2D eigenvalue weighted by Gasteiger charge is 2.25. The van der Waals surface area contributed by atoms with Gasteiger partial charge < -0.3 is 11.1 Å². The first-order valence-corrected chi connectivity index (χ1v) is 7.92. The number of benzene rings is 1. The van der Waals surface area contributed by atoms with E-state index in [9.17, 15) is 4.79 Å². The number of nitrogens with zero attached hydrogens (tertiary/aromatic N) is 1. The van der Waals surface area contributed by atoms with Crippen LogP contribution < -0.4 is 11.1 Å². The molecule has 2 rings (SSSR count). The molecule has 0 saturated carbocycles. The van der Waals surface area contributed by atoms with E-state index in [1.165, 1.54) is 0 Å². The smallest absolute Gasteiger partial charge is 0.234 e. The number of nitrogens with one attached hydrogen (secondary N) is 1. The largest absolute Gasteiger partial charge is 0.351 e. The zero-order valence-corrected chi connectivity index (χ0v) is 13.3. The van der Waals surface area contributed by atoms with Crippen LogP contribution in [0.3, 0.4) is 0 Å². The molecule has 116 valence electrons. The maximum atomic E-state index is 12.1. The fourth-order valence-electron chi connectivity index (χ4n) is 2.75. The topological polar surface area (TPSA) is 58.4 Å². The van der Waals surface area contributed by atoms with E-state index in [1.54, 1.807) is 0 Å². The molecule has 1 amide bonds. The third-order valence-corrected chi connectivity index (χ3v) is 4.59. The predicted octanol–water partition coefficient (Wildman–Crippen LogP) is 2.02. The number of hydrogen-bond donors (Lipinski definition) is 2. The van der Waals surface area contributed by atoms with E-state index in [4.69, 9.17) is 17.3 Å². The Morgan fingerprint density at radius 1 is 1.43 bits per heavy atom. The van der Waals surface area contributed by atoms with Gasteiger partial charge >= 0.3 is 0 Å². The maximum absolute atomic E-state index is 12.1. The molecule has 1 aliphatic heterocycles. The van der Waals surface area contributed by atoms with E-state index in [-0.39, 0.29) is 5.91 Å². The maximum Gasteiger partial charge on any atom is 0.234 e. The van der Waals surface area contributed by atoms with E-state index in [0.717, 1.165) is 24.9 Å². The molecule has 0 bridgehead atoms. The number of nitrogens with two attached hydrogens (primary N) is 1. The molecule has 5 heteroatoms. The van der Waals surface area contributed by atoms with Gasteiger partial charge in [0.1, 0.15) is 0 Å². The summed E-state index contributed by atoms with van der Waals surface area (Å²) in [6.45, 7) is 4.69. The third kappa shape index (κ3) is 4.70. The van der Waals surface area contributed by atoms with Crippen molar-refractivity contribution in [3.63, 3.8) is 0 Å². The first kappa shape index (κ1) is 16.3. The first-order valence-electron chi connectivity index (χ1n) is 7.54. The summed E-state index contributed by atoms with van der Waals surface area (Å²) in [4.78, 5) is 14.3. The van der Waals surface area contributed by atoms with Gasteiger partial charge in [0.2, 0.25) is 5.91 Å². The molecule has 1 aromatic carbocycles. The van der Waals surface area contributed by atoms with Crippen molar-refractivity contribution in [2.45, 2.75) is 32.4 Å². The van der Waals surface area contributed by atoms with E-state index in [1.807, 2.05) is 24.3 Å². The Kier molecular flexibility index (Phi) is 6.03. The fraction of sp³-hybridized carbons (Fsp3) is 0.562. The van der Waals surface area contributed by atoms with E-state index < -0.39 is 0 Å². The van der Waals surface area contributed by atoms with Crippen LogP contribution >= 0.6 is 11.6 Å². The van der Waals surface area contributed by atoms with Crippen LogP contribution in [0.5, 0.6) is 0 Å². The summed E-state index contributed by atoms with van der Waals surface area (Å²) in [5.41, 5.74) is 6.69. The molecule has 3 N–H and O–H groups in total. The number of halogens is 1. The van der Waals surface area contributed by atoms with Crippen molar-refractivity contribution in [1.29, 1.82) is 0 Å². The van der Waals surface area contributed by atoms with E-state index in [0.29, 0.717) is 36.6 Å². The molecule has 1 saturated heterocycles. The Morgan fingerprint density at radius 3 is 2.90 bits per heavy atom. The number of likely N-dealkylation sites (tertiary alicyclic amines) is 1. The fourth-order valence-corrected chi connectivity index (χ4v) is 2.95. The molecule has 0 radical (unpaired) electrons. The van der Waals surface area contributed by atoms with Gasteiger partial charge in [-0.15, -0.1) is 0 Å². The predicted molar refractivity (Wildman–Crippen MR) is 86.1 cm³/mol. The quantitative estimate of drug-likeness (QED) is 0.875. The van der Waals surface area contributed by atoms with Crippen molar-refractivity contribution >= 4 is 17.5 Å². The summed E-state index contributed by atoms with van der Waals surface area (Å²) >= 11 is 6.09. The average Bonchev–Trinajstić information content (AvgIpc) is 2.48. The van der Waals surface area contributed by atoms with Gasteiger partial charge in [-0.2, -0.15) is 0 Å². The monoisotopic (exact) mass is 309 g/mol. The normalized spacial score (nSPS) is 23.0. The molecule has 1 heterocycles. The second-order valence-electron chi connectivity index (χ2n) is 5.83. The summed E-state index contributed by atoms with van der Waals surface area (Å²) in [6, 6.07) is 8.01. The molecule has 1 aliphatic rings. The van der Waals surface area contributed by atoms with E-state index >= 15 is 0 Å². The minimum absolute atomic E-state index is 0.0411. The number of piperidine rings is 1. The van der Waals surface area contributed by atoms with Gasteiger partial charge in [-0.3, -0.25) is 9.69 Å². The van der Waals surface area contributed by atoms with Gasteiger partial charge in [-0.25, -0.2) is 0 Å². The van der Waals surface area contributed by atoms with E-state index in [2.05, 4.69) is 17.1 Å². The minimum Gasteiger partial charge on any atom is -0.351 e. The molecule has 2 unspecified atom stereocenters. The molecule has 21 heavy (non-hydrogen) atoms. The Hall–Kier alpha value is -1.10. The van der Waals surface area contributed by atoms with Gasteiger partial charge in [0.05, 0.1) is 6.54 Å². The van der Waals surface area contributed by atoms with Gasteiger partial charge in [0.15, 0.2) is 0 Å². The average molecular weight is 310 g/mol. The lowest BCUT2D eigenvalue weighted by Gasteiger charge is -2.37. The van der Waals surface area contributed by atoms with Gasteiger partial charge in [0, 0.05) is 24.2 Å². The van der Waals surface area contributed by atoms with Crippen molar-refractivity contribution in [1.82, 2.24) is 10.2 Å². The van der Waals surface area contributed by atoms with Gasteiger partial charge in [-0.05, 0) is 43.9 Å². The Morgan fingerprint density at radius 2 is 2.19 bits per heavy atom. The minimum atomic E-state index is 0.0411. The summed E-state index contributed by atoms with van der Waals surface area (Å²) in [7, 11) is 0. The number of hydrogen-bond acceptors (Lipinski definition) is 3. The number of carbonyl (C=O) groups excluding carboxylic acids is 1.